The normalized spacial score (nSPS) is 15.2. The molecule has 1 aromatic heterocycles. The number of hydrogen-bond donors (Lipinski definition) is 3. The molecule has 0 unspecified atom stereocenters. The van der Waals surface area contributed by atoms with E-state index in [0.717, 1.165) is 13.1 Å². The maximum atomic E-state index is 12.3. The fourth-order valence-electron chi connectivity index (χ4n) is 2.41. The van der Waals surface area contributed by atoms with E-state index in [1.807, 2.05) is 0 Å². The zero-order valence-corrected chi connectivity index (χ0v) is 12.8. The first-order chi connectivity index (χ1) is 11.3. The van der Waals surface area contributed by atoms with Crippen LogP contribution in [0, 0.1) is 0 Å². The standard InChI is InChI=1S/C14H16F3N5O2/c1-22-11-3-2-9(24-14(15,16)17)4-10(11)13(21-22)19-7-12(23)20-8-5-18-6-8/h2-4,8,18H,5-7H2,1H3,(H,19,21)(H,20,23). The fourth-order valence-corrected chi connectivity index (χ4v) is 2.41. The van der Waals surface area contributed by atoms with Crippen molar-refractivity contribution in [2.45, 2.75) is 12.4 Å². The Kier molecular flexibility index (Phi) is 4.22. The van der Waals surface area contributed by atoms with Crippen LogP contribution in [-0.2, 0) is 11.8 Å². The first kappa shape index (κ1) is 16.4. The Morgan fingerprint density at radius 3 is 2.83 bits per heavy atom. The van der Waals surface area contributed by atoms with Crippen LogP contribution < -0.4 is 20.7 Å². The second-order valence-electron chi connectivity index (χ2n) is 5.48. The van der Waals surface area contributed by atoms with Crippen molar-refractivity contribution in [3.8, 4) is 5.75 Å². The summed E-state index contributed by atoms with van der Waals surface area (Å²) in [6.07, 6.45) is -4.76. The lowest BCUT2D eigenvalue weighted by Crippen LogP contribution is -2.57. The Morgan fingerprint density at radius 2 is 2.21 bits per heavy atom. The lowest BCUT2D eigenvalue weighted by molar-refractivity contribution is -0.274. The molecule has 1 saturated heterocycles. The van der Waals surface area contributed by atoms with E-state index >= 15 is 0 Å². The number of aromatic nitrogens is 2. The quantitative estimate of drug-likeness (QED) is 0.754. The smallest absolute Gasteiger partial charge is 0.406 e. The van der Waals surface area contributed by atoms with Crippen LogP contribution in [0.4, 0.5) is 19.0 Å². The minimum Gasteiger partial charge on any atom is -0.406 e. The summed E-state index contributed by atoms with van der Waals surface area (Å²) in [5.74, 6) is -0.221. The molecule has 1 aromatic carbocycles. The van der Waals surface area contributed by atoms with E-state index in [0.29, 0.717) is 16.7 Å². The van der Waals surface area contributed by atoms with Crippen LogP contribution in [0.3, 0.4) is 0 Å². The molecule has 1 amide bonds. The van der Waals surface area contributed by atoms with Crippen LogP contribution in [0.15, 0.2) is 18.2 Å². The highest BCUT2D eigenvalue weighted by Gasteiger charge is 2.31. The molecule has 0 radical (unpaired) electrons. The van der Waals surface area contributed by atoms with Crippen LogP contribution in [0.5, 0.6) is 5.75 Å². The molecule has 24 heavy (non-hydrogen) atoms. The fraction of sp³-hybridized carbons (Fsp3) is 0.429. The number of ether oxygens (including phenoxy) is 1. The van der Waals surface area contributed by atoms with Crippen molar-refractivity contribution in [1.29, 1.82) is 0 Å². The van der Waals surface area contributed by atoms with Crippen LogP contribution in [-0.4, -0.2) is 47.7 Å². The van der Waals surface area contributed by atoms with Gasteiger partial charge in [-0.2, -0.15) is 5.10 Å². The van der Waals surface area contributed by atoms with E-state index in [-0.39, 0.29) is 24.2 Å². The highest BCUT2D eigenvalue weighted by atomic mass is 19.4. The van der Waals surface area contributed by atoms with Crippen molar-refractivity contribution in [2.75, 3.05) is 25.0 Å². The number of anilines is 1. The first-order valence-electron chi connectivity index (χ1n) is 7.28. The zero-order chi connectivity index (χ0) is 17.3. The number of carbonyl (C=O) groups is 1. The zero-order valence-electron chi connectivity index (χ0n) is 12.8. The number of rotatable bonds is 5. The van der Waals surface area contributed by atoms with Crippen molar-refractivity contribution in [3.05, 3.63) is 18.2 Å². The molecule has 0 saturated carbocycles. The molecule has 1 fully saturated rings. The third-order valence-corrected chi connectivity index (χ3v) is 3.62. The average Bonchev–Trinajstić information content (AvgIpc) is 2.75. The topological polar surface area (TPSA) is 80.2 Å². The Labute approximate surface area is 135 Å². The summed E-state index contributed by atoms with van der Waals surface area (Å²) >= 11 is 0. The molecule has 0 aliphatic carbocycles. The largest absolute Gasteiger partial charge is 0.573 e. The highest BCUT2D eigenvalue weighted by Crippen LogP contribution is 2.29. The number of carbonyl (C=O) groups excluding carboxylic acids is 1. The number of fused-ring (bicyclic) bond motifs is 1. The maximum absolute atomic E-state index is 12.3. The number of nitrogens with zero attached hydrogens (tertiary/aromatic N) is 2. The molecular formula is C14H16F3N5O2. The van der Waals surface area contributed by atoms with Gasteiger partial charge >= 0.3 is 6.36 Å². The van der Waals surface area contributed by atoms with Gasteiger partial charge in [0.2, 0.25) is 5.91 Å². The van der Waals surface area contributed by atoms with Crippen molar-refractivity contribution in [3.63, 3.8) is 0 Å². The van der Waals surface area contributed by atoms with Crippen LogP contribution in [0.1, 0.15) is 0 Å². The van der Waals surface area contributed by atoms with Gasteiger partial charge in [-0.3, -0.25) is 9.48 Å². The molecule has 1 aliphatic rings. The van der Waals surface area contributed by atoms with E-state index in [1.165, 1.54) is 22.9 Å². The van der Waals surface area contributed by atoms with Crippen LogP contribution in [0.2, 0.25) is 0 Å². The SMILES string of the molecule is Cn1nc(NCC(=O)NC2CNC2)c2cc(OC(F)(F)F)ccc21. The summed E-state index contributed by atoms with van der Waals surface area (Å²) in [5.41, 5.74) is 0.621. The summed E-state index contributed by atoms with van der Waals surface area (Å²) in [7, 11) is 1.66. The van der Waals surface area contributed by atoms with Gasteiger partial charge in [-0.05, 0) is 18.2 Å². The number of halogens is 3. The monoisotopic (exact) mass is 343 g/mol. The number of amides is 1. The number of hydrogen-bond acceptors (Lipinski definition) is 5. The molecule has 130 valence electrons. The van der Waals surface area contributed by atoms with Gasteiger partial charge in [-0.25, -0.2) is 0 Å². The lowest BCUT2D eigenvalue weighted by atomic mass is 10.2. The van der Waals surface area contributed by atoms with E-state index in [1.54, 1.807) is 7.05 Å². The Morgan fingerprint density at radius 1 is 1.46 bits per heavy atom. The predicted octanol–water partition coefficient (Wildman–Crippen LogP) is 0.972. The minimum absolute atomic E-state index is 0.0209. The summed E-state index contributed by atoms with van der Waals surface area (Å²) in [6.45, 7) is 1.44. The van der Waals surface area contributed by atoms with Crippen molar-refractivity contribution < 1.29 is 22.7 Å². The van der Waals surface area contributed by atoms with Crippen LogP contribution >= 0.6 is 0 Å². The van der Waals surface area contributed by atoms with E-state index < -0.39 is 6.36 Å². The molecule has 0 spiro atoms. The molecule has 0 atom stereocenters. The van der Waals surface area contributed by atoms with Crippen molar-refractivity contribution >= 4 is 22.6 Å². The summed E-state index contributed by atoms with van der Waals surface area (Å²) in [4.78, 5) is 11.8. The van der Waals surface area contributed by atoms with Gasteiger partial charge in [-0.15, -0.1) is 13.2 Å². The van der Waals surface area contributed by atoms with Gasteiger partial charge in [-0.1, -0.05) is 0 Å². The van der Waals surface area contributed by atoms with E-state index in [4.69, 9.17) is 0 Å². The molecular weight excluding hydrogens is 327 g/mol. The second-order valence-corrected chi connectivity index (χ2v) is 5.48. The van der Waals surface area contributed by atoms with Gasteiger partial charge < -0.3 is 20.7 Å². The predicted molar refractivity (Wildman–Crippen MR) is 80.7 cm³/mol. The Balaban J connectivity index is 1.74. The maximum Gasteiger partial charge on any atom is 0.573 e. The molecule has 0 bridgehead atoms. The van der Waals surface area contributed by atoms with Crippen molar-refractivity contribution in [2.24, 2.45) is 7.05 Å². The summed E-state index contributed by atoms with van der Waals surface area (Å²) < 4.78 is 42.5. The second kappa shape index (κ2) is 6.19. The highest BCUT2D eigenvalue weighted by molar-refractivity contribution is 5.93. The number of nitrogens with one attached hydrogen (secondary N) is 3. The Hall–Kier alpha value is -2.49. The summed E-state index contributed by atoms with van der Waals surface area (Å²) in [5, 5.41) is 13.3. The van der Waals surface area contributed by atoms with E-state index in [9.17, 15) is 18.0 Å². The molecule has 1 aliphatic heterocycles. The molecule has 10 heteroatoms. The number of alkyl halides is 3. The van der Waals surface area contributed by atoms with Gasteiger partial charge in [0.1, 0.15) is 5.75 Å². The third-order valence-electron chi connectivity index (χ3n) is 3.62. The van der Waals surface area contributed by atoms with Gasteiger partial charge in [0, 0.05) is 25.5 Å². The molecule has 3 N–H and O–H groups in total. The van der Waals surface area contributed by atoms with Gasteiger partial charge in [0.25, 0.3) is 0 Å². The third kappa shape index (κ3) is 3.70. The van der Waals surface area contributed by atoms with Crippen molar-refractivity contribution in [1.82, 2.24) is 20.4 Å². The van der Waals surface area contributed by atoms with Gasteiger partial charge in [0.05, 0.1) is 18.1 Å². The number of benzene rings is 1. The minimum atomic E-state index is -4.76. The molecule has 7 nitrogen and oxygen atoms in total. The van der Waals surface area contributed by atoms with E-state index in [2.05, 4.69) is 25.8 Å². The lowest BCUT2D eigenvalue weighted by Gasteiger charge is -2.27. The molecule has 2 heterocycles. The Bertz CT molecular complexity index is 755. The molecule has 2 aromatic rings. The number of aryl methyl sites for hydroxylation is 1. The molecule has 3 rings (SSSR count). The summed E-state index contributed by atoms with van der Waals surface area (Å²) in [6, 6.07) is 4.06. The van der Waals surface area contributed by atoms with Crippen LogP contribution in [0.25, 0.3) is 10.9 Å². The first-order valence-corrected chi connectivity index (χ1v) is 7.28. The van der Waals surface area contributed by atoms with Gasteiger partial charge in [0.15, 0.2) is 5.82 Å². The average molecular weight is 343 g/mol.